The lowest BCUT2D eigenvalue weighted by Gasteiger charge is -2.37. The highest BCUT2D eigenvalue weighted by molar-refractivity contribution is 7.80. The Labute approximate surface area is 205 Å². The van der Waals surface area contributed by atoms with E-state index in [0.717, 1.165) is 18.8 Å². The van der Waals surface area contributed by atoms with Gasteiger partial charge in [-0.1, -0.05) is 31.5 Å². The molecule has 1 fully saturated rings. The van der Waals surface area contributed by atoms with Crippen molar-refractivity contribution < 1.29 is 14.3 Å². The maximum Gasteiger partial charge on any atom is 0.257 e. The molecule has 1 aliphatic heterocycles. The number of benzene rings is 2. The molecule has 2 N–H and O–H groups in total. The molecule has 0 spiro atoms. The summed E-state index contributed by atoms with van der Waals surface area (Å²) >= 11 is 11.8. The van der Waals surface area contributed by atoms with Crippen LogP contribution in [0.25, 0.3) is 0 Å². The van der Waals surface area contributed by atoms with Crippen molar-refractivity contribution in [3.8, 4) is 5.75 Å². The highest BCUT2D eigenvalue weighted by Crippen LogP contribution is 2.30. The van der Waals surface area contributed by atoms with E-state index in [1.54, 1.807) is 37.4 Å². The van der Waals surface area contributed by atoms with Crippen molar-refractivity contribution in [1.29, 1.82) is 0 Å². The highest BCUT2D eigenvalue weighted by Gasteiger charge is 2.23. The van der Waals surface area contributed by atoms with E-state index in [1.807, 2.05) is 17.0 Å². The average molecular weight is 489 g/mol. The molecular weight excluding hydrogens is 460 g/mol. The van der Waals surface area contributed by atoms with Gasteiger partial charge in [-0.25, -0.2) is 0 Å². The zero-order valence-corrected chi connectivity index (χ0v) is 20.6. The van der Waals surface area contributed by atoms with Crippen molar-refractivity contribution in [2.24, 2.45) is 5.92 Å². The number of piperazine rings is 1. The van der Waals surface area contributed by atoms with Crippen molar-refractivity contribution in [1.82, 2.24) is 10.2 Å². The van der Waals surface area contributed by atoms with E-state index >= 15 is 0 Å². The molecule has 2 amide bonds. The van der Waals surface area contributed by atoms with Crippen LogP contribution in [0.3, 0.4) is 0 Å². The number of carbonyl (C=O) groups is 2. The number of anilines is 2. The first kappa shape index (κ1) is 24.8. The summed E-state index contributed by atoms with van der Waals surface area (Å²) < 4.78 is 5.15. The van der Waals surface area contributed by atoms with Crippen LogP contribution in [-0.4, -0.2) is 55.1 Å². The zero-order valence-electron chi connectivity index (χ0n) is 19.1. The van der Waals surface area contributed by atoms with Gasteiger partial charge in [-0.3, -0.25) is 14.9 Å². The number of thiocarbonyl (C=S) groups is 1. The van der Waals surface area contributed by atoms with E-state index in [1.165, 1.54) is 0 Å². The van der Waals surface area contributed by atoms with Crippen LogP contribution in [0.1, 0.15) is 30.6 Å². The van der Waals surface area contributed by atoms with Gasteiger partial charge in [-0.05, 0) is 54.5 Å². The molecule has 3 rings (SSSR count). The van der Waals surface area contributed by atoms with Crippen LogP contribution in [0.4, 0.5) is 11.4 Å². The first-order chi connectivity index (χ1) is 15.8. The third kappa shape index (κ3) is 6.82. The summed E-state index contributed by atoms with van der Waals surface area (Å²) in [7, 11) is 1.54. The van der Waals surface area contributed by atoms with Gasteiger partial charge in [0.1, 0.15) is 5.75 Å². The topological polar surface area (TPSA) is 73.9 Å². The number of halogens is 1. The summed E-state index contributed by atoms with van der Waals surface area (Å²) in [6.07, 6.45) is 0.579. The maximum absolute atomic E-state index is 12.4. The molecule has 0 aliphatic carbocycles. The normalized spacial score (nSPS) is 13.6. The lowest BCUT2D eigenvalue weighted by Crippen LogP contribution is -2.49. The molecule has 1 heterocycles. The number of amides is 2. The highest BCUT2D eigenvalue weighted by atomic mass is 35.5. The van der Waals surface area contributed by atoms with Crippen molar-refractivity contribution >= 4 is 52.1 Å². The Kier molecular flexibility index (Phi) is 8.52. The lowest BCUT2D eigenvalue weighted by atomic mass is 10.1. The van der Waals surface area contributed by atoms with Crippen molar-refractivity contribution in [2.45, 2.75) is 20.3 Å². The van der Waals surface area contributed by atoms with Gasteiger partial charge in [-0.2, -0.15) is 0 Å². The number of methoxy groups -OCH3 is 1. The molecule has 176 valence electrons. The second-order valence-electron chi connectivity index (χ2n) is 8.27. The van der Waals surface area contributed by atoms with Crippen LogP contribution >= 0.6 is 23.8 Å². The first-order valence-corrected chi connectivity index (χ1v) is 11.6. The molecule has 33 heavy (non-hydrogen) atoms. The van der Waals surface area contributed by atoms with E-state index in [0.29, 0.717) is 47.5 Å². The minimum Gasteiger partial charge on any atom is -0.497 e. The predicted octanol–water partition coefficient (Wildman–Crippen LogP) is 4.17. The Balaban J connectivity index is 1.55. The van der Waals surface area contributed by atoms with Crippen LogP contribution < -0.4 is 20.3 Å². The predicted molar refractivity (Wildman–Crippen MR) is 136 cm³/mol. The Hall–Kier alpha value is -2.84. The third-order valence-corrected chi connectivity index (χ3v) is 5.83. The first-order valence-electron chi connectivity index (χ1n) is 10.9. The number of carbonyl (C=O) groups excluding carboxylic acids is 2. The summed E-state index contributed by atoms with van der Waals surface area (Å²) in [5, 5.41) is 6.40. The molecule has 0 unspecified atom stereocenters. The molecular formula is C24H29ClN4O3S. The number of nitrogens with one attached hydrogen (secondary N) is 2. The summed E-state index contributed by atoms with van der Waals surface area (Å²) in [5.74, 6) is 0.823. The van der Waals surface area contributed by atoms with E-state index in [2.05, 4.69) is 29.4 Å². The molecule has 0 radical (unpaired) electrons. The zero-order chi connectivity index (χ0) is 24.0. The molecule has 2 aromatic carbocycles. The number of nitrogens with zero attached hydrogens (tertiary/aromatic N) is 2. The Bertz CT molecular complexity index is 1020. The van der Waals surface area contributed by atoms with E-state index in [9.17, 15) is 9.59 Å². The van der Waals surface area contributed by atoms with E-state index < -0.39 is 0 Å². The molecule has 7 nitrogen and oxygen atoms in total. The average Bonchev–Trinajstić information content (AvgIpc) is 2.79. The minimum absolute atomic E-state index is 0.170. The Morgan fingerprint density at radius 3 is 2.48 bits per heavy atom. The van der Waals surface area contributed by atoms with Crippen LogP contribution in [0.15, 0.2) is 42.5 Å². The van der Waals surface area contributed by atoms with Gasteiger partial charge in [0, 0.05) is 43.9 Å². The Morgan fingerprint density at radius 2 is 1.85 bits per heavy atom. The molecule has 9 heteroatoms. The number of ether oxygens (including phenoxy) is 1. The second kappa shape index (κ2) is 11.3. The molecule has 0 saturated carbocycles. The van der Waals surface area contributed by atoms with Gasteiger partial charge in [0.2, 0.25) is 5.91 Å². The van der Waals surface area contributed by atoms with Gasteiger partial charge >= 0.3 is 0 Å². The molecule has 2 aromatic rings. The standard InChI is InChI=1S/C24H29ClN4O3S/c1-16(2)13-22(30)29-11-9-28(10-12-29)21-8-7-18(15-20(21)25)26-24(33)27-23(31)17-5-4-6-19(14-17)32-3/h4-8,14-16H,9-13H2,1-3H3,(H2,26,27,31,33). The fraction of sp³-hybridized carbons (Fsp3) is 0.375. The van der Waals surface area contributed by atoms with Gasteiger partial charge < -0.3 is 19.9 Å². The fourth-order valence-electron chi connectivity index (χ4n) is 3.62. The van der Waals surface area contributed by atoms with Crippen LogP contribution in [0.5, 0.6) is 5.75 Å². The van der Waals surface area contributed by atoms with Gasteiger partial charge in [0.05, 0.1) is 17.8 Å². The van der Waals surface area contributed by atoms with Crippen molar-refractivity contribution in [2.75, 3.05) is 43.5 Å². The number of hydrogen-bond acceptors (Lipinski definition) is 5. The Morgan fingerprint density at radius 1 is 1.12 bits per heavy atom. The number of rotatable bonds is 6. The van der Waals surface area contributed by atoms with Gasteiger partial charge in [0.25, 0.3) is 5.91 Å². The summed E-state index contributed by atoms with van der Waals surface area (Å²) in [6.45, 7) is 6.93. The summed E-state index contributed by atoms with van der Waals surface area (Å²) in [6, 6.07) is 12.4. The summed E-state index contributed by atoms with van der Waals surface area (Å²) in [5.41, 5.74) is 2.02. The van der Waals surface area contributed by atoms with Crippen LogP contribution in [0, 0.1) is 5.92 Å². The summed E-state index contributed by atoms with van der Waals surface area (Å²) in [4.78, 5) is 28.8. The van der Waals surface area contributed by atoms with E-state index in [-0.39, 0.29) is 16.9 Å². The van der Waals surface area contributed by atoms with Crippen LogP contribution in [-0.2, 0) is 4.79 Å². The largest absolute Gasteiger partial charge is 0.497 e. The van der Waals surface area contributed by atoms with Crippen molar-refractivity contribution in [3.63, 3.8) is 0 Å². The number of hydrogen-bond donors (Lipinski definition) is 2. The SMILES string of the molecule is COc1cccc(C(=O)NC(=S)Nc2ccc(N3CCN(C(=O)CC(C)C)CC3)c(Cl)c2)c1. The monoisotopic (exact) mass is 488 g/mol. The minimum atomic E-state index is -0.334. The molecule has 0 atom stereocenters. The lowest BCUT2D eigenvalue weighted by molar-refractivity contribution is -0.132. The quantitative estimate of drug-likeness (QED) is 0.594. The molecule has 0 bridgehead atoms. The smallest absolute Gasteiger partial charge is 0.257 e. The third-order valence-electron chi connectivity index (χ3n) is 5.32. The van der Waals surface area contributed by atoms with Gasteiger partial charge in [-0.15, -0.1) is 0 Å². The van der Waals surface area contributed by atoms with Crippen LogP contribution in [0.2, 0.25) is 5.02 Å². The maximum atomic E-state index is 12.4. The second-order valence-corrected chi connectivity index (χ2v) is 9.09. The molecule has 1 saturated heterocycles. The van der Waals surface area contributed by atoms with E-state index in [4.69, 9.17) is 28.6 Å². The molecule has 1 aliphatic rings. The van der Waals surface area contributed by atoms with Crippen molar-refractivity contribution in [3.05, 3.63) is 53.1 Å². The fourth-order valence-corrected chi connectivity index (χ4v) is 4.13. The molecule has 0 aromatic heterocycles. The van der Waals surface area contributed by atoms with Gasteiger partial charge in [0.15, 0.2) is 5.11 Å².